The fraction of sp³-hybridized carbons (Fsp3) is 0.235. The second-order valence-corrected chi connectivity index (χ2v) is 5.49. The first-order chi connectivity index (χ1) is 10.6. The third-order valence-corrected chi connectivity index (χ3v) is 3.57. The van der Waals surface area contributed by atoms with Gasteiger partial charge in [-0.2, -0.15) is 0 Å². The number of aromatic nitrogens is 3. The zero-order chi connectivity index (χ0) is 15.5. The molecule has 5 nitrogen and oxygen atoms in total. The van der Waals surface area contributed by atoms with Crippen LogP contribution in [0.25, 0.3) is 11.0 Å². The van der Waals surface area contributed by atoms with Gasteiger partial charge in [0.05, 0.1) is 22.9 Å². The third-order valence-electron chi connectivity index (χ3n) is 3.57. The van der Waals surface area contributed by atoms with Crippen molar-refractivity contribution in [2.75, 3.05) is 0 Å². The molecule has 0 radical (unpaired) electrons. The maximum atomic E-state index is 12.0. The molecule has 0 atom stereocenters. The molecule has 112 valence electrons. The number of rotatable bonds is 4. The average molecular weight is 294 g/mol. The van der Waals surface area contributed by atoms with Crippen molar-refractivity contribution < 1.29 is 4.79 Å². The molecule has 1 aromatic carbocycles. The van der Waals surface area contributed by atoms with Crippen LogP contribution in [0, 0.1) is 0 Å². The summed E-state index contributed by atoms with van der Waals surface area (Å²) in [4.78, 5) is 20.4. The topological polar surface area (TPSA) is 59.8 Å². The van der Waals surface area contributed by atoms with E-state index in [0.29, 0.717) is 18.2 Å². The standard InChI is InChI=1S/C17H18N4O/c1-12(2)21-11-20-15-8-13(5-6-16(15)21)9-19-17(22)14-4-3-7-18-10-14/h3-8,10-12H,9H2,1-2H3,(H,19,22). The zero-order valence-electron chi connectivity index (χ0n) is 12.7. The van der Waals surface area contributed by atoms with Crippen LogP contribution in [-0.4, -0.2) is 20.4 Å². The lowest BCUT2D eigenvalue weighted by molar-refractivity contribution is 0.0950. The van der Waals surface area contributed by atoms with Gasteiger partial charge in [-0.3, -0.25) is 9.78 Å². The zero-order valence-corrected chi connectivity index (χ0v) is 12.7. The molecule has 1 amide bonds. The van der Waals surface area contributed by atoms with Gasteiger partial charge >= 0.3 is 0 Å². The largest absolute Gasteiger partial charge is 0.348 e. The molecule has 3 aromatic rings. The summed E-state index contributed by atoms with van der Waals surface area (Å²) in [5.41, 5.74) is 3.64. The van der Waals surface area contributed by atoms with Gasteiger partial charge in [-0.25, -0.2) is 4.98 Å². The van der Waals surface area contributed by atoms with Gasteiger partial charge < -0.3 is 9.88 Å². The Kier molecular flexibility index (Phi) is 3.87. The van der Waals surface area contributed by atoms with E-state index in [-0.39, 0.29) is 5.91 Å². The van der Waals surface area contributed by atoms with E-state index >= 15 is 0 Å². The minimum Gasteiger partial charge on any atom is -0.348 e. The van der Waals surface area contributed by atoms with Crippen molar-refractivity contribution in [1.29, 1.82) is 0 Å². The number of carbonyl (C=O) groups is 1. The number of fused-ring (bicyclic) bond motifs is 1. The van der Waals surface area contributed by atoms with Crippen LogP contribution in [0.3, 0.4) is 0 Å². The van der Waals surface area contributed by atoms with Crippen LogP contribution in [0.5, 0.6) is 0 Å². The summed E-state index contributed by atoms with van der Waals surface area (Å²) in [6.07, 6.45) is 5.06. The predicted molar refractivity (Wildman–Crippen MR) is 85.5 cm³/mol. The van der Waals surface area contributed by atoms with Crippen LogP contribution in [0.15, 0.2) is 49.1 Å². The van der Waals surface area contributed by atoms with Gasteiger partial charge in [-0.1, -0.05) is 6.07 Å². The van der Waals surface area contributed by atoms with E-state index < -0.39 is 0 Å². The lowest BCUT2D eigenvalue weighted by Crippen LogP contribution is -2.22. The molecule has 5 heteroatoms. The Labute approximate surface area is 129 Å². The number of hydrogen-bond acceptors (Lipinski definition) is 3. The minimum atomic E-state index is -0.124. The molecule has 1 N–H and O–H groups in total. The molecule has 2 heterocycles. The summed E-state index contributed by atoms with van der Waals surface area (Å²) in [5, 5.41) is 2.90. The number of pyridine rings is 1. The number of hydrogen-bond donors (Lipinski definition) is 1. The van der Waals surface area contributed by atoms with E-state index in [1.54, 1.807) is 24.5 Å². The van der Waals surface area contributed by atoms with Gasteiger partial charge in [-0.15, -0.1) is 0 Å². The van der Waals surface area contributed by atoms with E-state index in [1.165, 1.54) is 0 Å². The average Bonchev–Trinajstić information content (AvgIpc) is 2.96. The molecule has 2 aromatic heterocycles. The number of nitrogens with one attached hydrogen (secondary N) is 1. The highest BCUT2D eigenvalue weighted by Crippen LogP contribution is 2.18. The summed E-state index contributed by atoms with van der Waals surface area (Å²) in [6.45, 7) is 4.73. The number of nitrogens with zero attached hydrogens (tertiary/aromatic N) is 3. The monoisotopic (exact) mass is 294 g/mol. The van der Waals surface area contributed by atoms with Crippen LogP contribution in [0.1, 0.15) is 35.8 Å². The van der Waals surface area contributed by atoms with Crippen molar-refractivity contribution in [3.8, 4) is 0 Å². The molecule has 0 saturated heterocycles. The van der Waals surface area contributed by atoms with Crippen LogP contribution in [0.2, 0.25) is 0 Å². The maximum absolute atomic E-state index is 12.0. The smallest absolute Gasteiger partial charge is 0.253 e. The minimum absolute atomic E-state index is 0.124. The molecular formula is C17H18N4O. The number of benzene rings is 1. The Hall–Kier alpha value is -2.69. The second-order valence-electron chi connectivity index (χ2n) is 5.49. The fourth-order valence-corrected chi connectivity index (χ4v) is 2.38. The molecule has 0 spiro atoms. The summed E-state index contributed by atoms with van der Waals surface area (Å²) in [7, 11) is 0. The van der Waals surface area contributed by atoms with Gasteiger partial charge in [0.15, 0.2) is 0 Å². The Balaban J connectivity index is 1.73. The van der Waals surface area contributed by atoms with Crippen molar-refractivity contribution in [3.63, 3.8) is 0 Å². The van der Waals surface area contributed by atoms with Gasteiger partial charge in [0, 0.05) is 25.0 Å². The first kappa shape index (κ1) is 14.3. The van der Waals surface area contributed by atoms with Gasteiger partial charge in [0.25, 0.3) is 5.91 Å². The molecule has 3 rings (SSSR count). The van der Waals surface area contributed by atoms with Crippen LogP contribution >= 0.6 is 0 Å². The molecule has 0 saturated carbocycles. The Bertz CT molecular complexity index is 793. The highest BCUT2D eigenvalue weighted by Gasteiger charge is 2.08. The SMILES string of the molecule is CC(C)n1cnc2cc(CNC(=O)c3cccnc3)ccc21. The van der Waals surface area contributed by atoms with Crippen molar-refractivity contribution in [2.24, 2.45) is 0 Å². The number of amides is 1. The van der Waals surface area contributed by atoms with Gasteiger partial charge in [0.1, 0.15) is 0 Å². The highest BCUT2D eigenvalue weighted by molar-refractivity contribution is 5.93. The molecule has 0 aliphatic rings. The van der Waals surface area contributed by atoms with E-state index in [9.17, 15) is 4.79 Å². The van der Waals surface area contributed by atoms with Crippen LogP contribution in [0.4, 0.5) is 0 Å². The molecule has 0 aliphatic heterocycles. The van der Waals surface area contributed by atoms with Crippen LogP contribution in [-0.2, 0) is 6.54 Å². The summed E-state index contributed by atoms with van der Waals surface area (Å²) in [5.74, 6) is -0.124. The third kappa shape index (κ3) is 2.83. The predicted octanol–water partition coefficient (Wildman–Crippen LogP) is 2.94. The van der Waals surface area contributed by atoms with Crippen molar-refractivity contribution in [1.82, 2.24) is 19.9 Å². The first-order valence-corrected chi connectivity index (χ1v) is 7.29. The normalized spacial score (nSPS) is 11.0. The molecule has 22 heavy (non-hydrogen) atoms. The lowest BCUT2D eigenvalue weighted by atomic mass is 10.2. The summed E-state index contributed by atoms with van der Waals surface area (Å²) in [6, 6.07) is 9.95. The van der Waals surface area contributed by atoms with Gasteiger partial charge in [0.2, 0.25) is 0 Å². The quantitative estimate of drug-likeness (QED) is 0.805. The lowest BCUT2D eigenvalue weighted by Gasteiger charge is -2.08. The Morgan fingerprint density at radius 3 is 2.91 bits per heavy atom. The Morgan fingerprint density at radius 1 is 1.32 bits per heavy atom. The number of carbonyl (C=O) groups excluding carboxylic acids is 1. The van der Waals surface area contributed by atoms with E-state index in [0.717, 1.165) is 16.6 Å². The molecule has 0 fully saturated rings. The van der Waals surface area contributed by atoms with E-state index in [1.807, 2.05) is 24.5 Å². The first-order valence-electron chi connectivity index (χ1n) is 7.29. The summed E-state index contributed by atoms with van der Waals surface area (Å²) >= 11 is 0. The fourth-order valence-electron chi connectivity index (χ4n) is 2.38. The van der Waals surface area contributed by atoms with Gasteiger partial charge in [-0.05, 0) is 43.7 Å². The van der Waals surface area contributed by atoms with Crippen molar-refractivity contribution in [2.45, 2.75) is 26.4 Å². The summed E-state index contributed by atoms with van der Waals surface area (Å²) < 4.78 is 2.13. The second kappa shape index (κ2) is 5.97. The molecule has 0 unspecified atom stereocenters. The van der Waals surface area contributed by atoms with Crippen molar-refractivity contribution >= 4 is 16.9 Å². The molecule has 0 aliphatic carbocycles. The molecular weight excluding hydrogens is 276 g/mol. The van der Waals surface area contributed by atoms with E-state index in [4.69, 9.17) is 0 Å². The molecule has 0 bridgehead atoms. The van der Waals surface area contributed by atoms with Crippen molar-refractivity contribution in [3.05, 3.63) is 60.2 Å². The van der Waals surface area contributed by atoms with Crippen LogP contribution < -0.4 is 5.32 Å². The number of imidazole rings is 1. The Morgan fingerprint density at radius 2 is 2.18 bits per heavy atom. The van der Waals surface area contributed by atoms with E-state index in [2.05, 4.69) is 33.7 Å². The highest BCUT2D eigenvalue weighted by atomic mass is 16.1. The maximum Gasteiger partial charge on any atom is 0.253 e.